The molecule has 2 N–H and O–H groups in total. The predicted octanol–water partition coefficient (Wildman–Crippen LogP) is 3.89. The van der Waals surface area contributed by atoms with Crippen LogP contribution in [-0.4, -0.2) is 18.9 Å². The zero-order chi connectivity index (χ0) is 15.1. The first kappa shape index (κ1) is 16.3. The molecule has 1 aromatic rings. The number of halogens is 1. The van der Waals surface area contributed by atoms with Gasteiger partial charge in [0.05, 0.1) is 12.8 Å². The van der Waals surface area contributed by atoms with E-state index >= 15 is 0 Å². The summed E-state index contributed by atoms with van der Waals surface area (Å²) in [5.74, 6) is 1.03. The normalized spacial score (nSPS) is 11.4. The fourth-order valence-electron chi connectivity index (χ4n) is 1.71. The van der Waals surface area contributed by atoms with Crippen LogP contribution < -0.4 is 15.5 Å². The monoisotopic (exact) mass is 297 g/mol. The Bertz CT molecular complexity index is 501. The number of nitrogens with zero attached hydrogens (tertiary/aromatic N) is 1. The number of anilines is 1. The van der Waals surface area contributed by atoms with E-state index in [1.54, 1.807) is 18.2 Å². The van der Waals surface area contributed by atoms with E-state index in [-0.39, 0.29) is 0 Å². The van der Waals surface area contributed by atoms with E-state index in [1.807, 2.05) is 6.92 Å². The van der Waals surface area contributed by atoms with E-state index in [9.17, 15) is 4.79 Å². The van der Waals surface area contributed by atoms with Crippen molar-refractivity contribution in [2.24, 2.45) is 11.0 Å². The molecule has 0 atom stereocenters. The summed E-state index contributed by atoms with van der Waals surface area (Å²) < 4.78 is 5.14. The van der Waals surface area contributed by atoms with Crippen molar-refractivity contribution in [2.45, 2.75) is 27.2 Å². The quantitative estimate of drug-likeness (QED) is 0.639. The minimum absolute atomic E-state index is 0.436. The van der Waals surface area contributed by atoms with Crippen LogP contribution in [0.2, 0.25) is 5.02 Å². The number of hydrogen-bond acceptors (Lipinski definition) is 3. The Morgan fingerprint density at radius 2 is 2.15 bits per heavy atom. The van der Waals surface area contributed by atoms with Gasteiger partial charge < -0.3 is 10.1 Å². The summed E-state index contributed by atoms with van der Waals surface area (Å²) in [5, 5.41) is 7.18. The Labute approximate surface area is 124 Å². The third-order valence-corrected chi connectivity index (χ3v) is 2.70. The summed E-state index contributed by atoms with van der Waals surface area (Å²) >= 11 is 5.89. The summed E-state index contributed by atoms with van der Waals surface area (Å²) in [6.07, 6.45) is 0.834. The van der Waals surface area contributed by atoms with E-state index in [2.05, 4.69) is 29.7 Å². The molecule has 6 heteroatoms. The molecule has 5 nitrogen and oxygen atoms in total. The second-order valence-corrected chi connectivity index (χ2v) is 5.29. The first-order chi connectivity index (χ1) is 9.42. The molecule has 1 rings (SSSR count). The van der Waals surface area contributed by atoms with Crippen molar-refractivity contribution in [3.63, 3.8) is 0 Å². The van der Waals surface area contributed by atoms with Crippen LogP contribution in [0.3, 0.4) is 0 Å². The first-order valence-electron chi connectivity index (χ1n) is 6.36. The summed E-state index contributed by atoms with van der Waals surface area (Å²) in [4.78, 5) is 11.8. The number of rotatable bonds is 5. The Kier molecular flexibility index (Phi) is 6.31. The molecule has 0 spiro atoms. The molecule has 0 saturated carbocycles. The van der Waals surface area contributed by atoms with E-state index in [4.69, 9.17) is 16.3 Å². The smallest absolute Gasteiger partial charge is 0.339 e. The molecule has 0 aliphatic rings. The van der Waals surface area contributed by atoms with Crippen LogP contribution in [0.5, 0.6) is 5.75 Å². The van der Waals surface area contributed by atoms with E-state index < -0.39 is 6.03 Å². The van der Waals surface area contributed by atoms with Gasteiger partial charge in [-0.15, -0.1) is 0 Å². The van der Waals surface area contributed by atoms with Gasteiger partial charge in [0.15, 0.2) is 0 Å². The summed E-state index contributed by atoms with van der Waals surface area (Å²) in [7, 11) is 1.53. The van der Waals surface area contributed by atoms with Gasteiger partial charge in [0.25, 0.3) is 0 Å². The molecule has 110 valence electrons. The van der Waals surface area contributed by atoms with Gasteiger partial charge >= 0.3 is 6.03 Å². The minimum atomic E-state index is -0.436. The molecular weight excluding hydrogens is 278 g/mol. The lowest BCUT2D eigenvalue weighted by molar-refractivity contribution is 0.252. The molecule has 2 amide bonds. The number of amides is 2. The van der Waals surface area contributed by atoms with Crippen LogP contribution in [0, 0.1) is 5.92 Å². The Hall–Kier alpha value is -1.75. The maximum Gasteiger partial charge on any atom is 0.339 e. The van der Waals surface area contributed by atoms with E-state index in [1.165, 1.54) is 7.11 Å². The predicted molar refractivity (Wildman–Crippen MR) is 82.7 cm³/mol. The maximum atomic E-state index is 11.8. The van der Waals surface area contributed by atoms with Gasteiger partial charge in [-0.25, -0.2) is 10.2 Å². The summed E-state index contributed by atoms with van der Waals surface area (Å²) in [6.45, 7) is 6.06. The number of ether oxygens (including phenoxy) is 1. The number of carbonyl (C=O) groups is 1. The molecule has 20 heavy (non-hydrogen) atoms. The number of nitrogens with one attached hydrogen (secondary N) is 2. The molecule has 0 bridgehead atoms. The molecule has 0 saturated heterocycles. The standard InChI is InChI=1S/C14H20ClN3O2/c1-9(2)7-10(3)17-18-14(19)16-12-8-11(15)5-6-13(12)20-4/h5-6,8-9H,7H2,1-4H3,(H2,16,18,19). The average molecular weight is 298 g/mol. The van der Waals surface area contributed by atoms with Gasteiger partial charge in [0.2, 0.25) is 0 Å². The topological polar surface area (TPSA) is 62.7 Å². The highest BCUT2D eigenvalue weighted by Gasteiger charge is 2.07. The van der Waals surface area contributed by atoms with Crippen molar-refractivity contribution in [1.82, 2.24) is 5.43 Å². The molecule has 0 aromatic heterocycles. The third kappa shape index (κ3) is 5.48. The maximum absolute atomic E-state index is 11.8. The largest absolute Gasteiger partial charge is 0.495 e. The number of hydrazone groups is 1. The Balaban J connectivity index is 2.65. The SMILES string of the molecule is COc1ccc(Cl)cc1NC(=O)NN=C(C)CC(C)C. The van der Waals surface area contributed by atoms with Crippen molar-refractivity contribution in [2.75, 3.05) is 12.4 Å². The van der Waals surface area contributed by atoms with Crippen molar-refractivity contribution in [3.8, 4) is 5.75 Å². The fourth-order valence-corrected chi connectivity index (χ4v) is 1.88. The average Bonchev–Trinajstić information content (AvgIpc) is 2.36. The highest BCUT2D eigenvalue weighted by Crippen LogP contribution is 2.27. The van der Waals surface area contributed by atoms with Gasteiger partial charge in [0.1, 0.15) is 5.75 Å². The molecular formula is C14H20ClN3O2. The summed E-state index contributed by atoms with van der Waals surface area (Å²) in [5.41, 5.74) is 3.81. The molecule has 0 fully saturated rings. The van der Waals surface area contributed by atoms with Gasteiger partial charge in [-0.1, -0.05) is 25.4 Å². The lowest BCUT2D eigenvalue weighted by Crippen LogP contribution is -2.25. The number of hydrogen-bond donors (Lipinski definition) is 2. The van der Waals surface area contributed by atoms with Crippen LogP contribution in [0.1, 0.15) is 27.2 Å². The number of urea groups is 1. The highest BCUT2D eigenvalue weighted by molar-refractivity contribution is 6.31. The van der Waals surface area contributed by atoms with Crippen LogP contribution in [-0.2, 0) is 0 Å². The lowest BCUT2D eigenvalue weighted by Gasteiger charge is -2.10. The highest BCUT2D eigenvalue weighted by atomic mass is 35.5. The molecule has 0 aliphatic heterocycles. The van der Waals surface area contributed by atoms with Gasteiger partial charge in [-0.2, -0.15) is 5.10 Å². The van der Waals surface area contributed by atoms with Crippen LogP contribution in [0.25, 0.3) is 0 Å². The molecule has 0 radical (unpaired) electrons. The lowest BCUT2D eigenvalue weighted by atomic mass is 10.1. The first-order valence-corrected chi connectivity index (χ1v) is 6.74. The number of methoxy groups -OCH3 is 1. The second kappa shape index (κ2) is 7.75. The minimum Gasteiger partial charge on any atom is -0.495 e. The van der Waals surface area contributed by atoms with Crippen LogP contribution in [0.4, 0.5) is 10.5 Å². The van der Waals surface area contributed by atoms with Crippen molar-refractivity contribution >= 4 is 29.0 Å². The Morgan fingerprint density at radius 1 is 1.45 bits per heavy atom. The van der Waals surface area contributed by atoms with Gasteiger partial charge in [-0.05, 0) is 37.5 Å². The zero-order valence-electron chi connectivity index (χ0n) is 12.2. The van der Waals surface area contributed by atoms with E-state index in [0.717, 1.165) is 12.1 Å². The fraction of sp³-hybridized carbons (Fsp3) is 0.429. The summed E-state index contributed by atoms with van der Waals surface area (Å²) in [6, 6.07) is 4.55. The van der Waals surface area contributed by atoms with E-state index in [0.29, 0.717) is 22.4 Å². The second-order valence-electron chi connectivity index (χ2n) is 4.86. The van der Waals surface area contributed by atoms with Crippen LogP contribution >= 0.6 is 11.6 Å². The van der Waals surface area contributed by atoms with Gasteiger partial charge in [0, 0.05) is 10.7 Å². The Morgan fingerprint density at radius 3 is 2.75 bits per heavy atom. The van der Waals surface area contributed by atoms with Crippen molar-refractivity contribution < 1.29 is 9.53 Å². The number of carbonyl (C=O) groups excluding carboxylic acids is 1. The van der Waals surface area contributed by atoms with Gasteiger partial charge in [-0.3, -0.25) is 0 Å². The molecule has 0 heterocycles. The molecule has 0 aliphatic carbocycles. The zero-order valence-corrected chi connectivity index (χ0v) is 12.9. The van der Waals surface area contributed by atoms with Crippen molar-refractivity contribution in [3.05, 3.63) is 23.2 Å². The molecule has 0 unspecified atom stereocenters. The third-order valence-electron chi connectivity index (χ3n) is 2.46. The number of benzene rings is 1. The van der Waals surface area contributed by atoms with Crippen molar-refractivity contribution in [1.29, 1.82) is 0 Å². The van der Waals surface area contributed by atoms with Crippen LogP contribution in [0.15, 0.2) is 23.3 Å². The molecule has 1 aromatic carbocycles.